The van der Waals surface area contributed by atoms with Crippen LogP contribution in [0.5, 0.6) is 0 Å². The van der Waals surface area contributed by atoms with Gasteiger partial charge in [-0.05, 0) is 60.4 Å². The molecule has 4 rings (SSSR count). The zero-order valence-electron chi connectivity index (χ0n) is 15.9. The first-order valence-electron chi connectivity index (χ1n) is 9.58. The SMILES string of the molecule is C[C@@H](NC(=O)c1ccc(CN2CCc3ccccc32)cc1)c1ccc(F)cc1. The van der Waals surface area contributed by atoms with E-state index in [4.69, 9.17) is 0 Å². The number of carbonyl (C=O) groups is 1. The molecule has 0 unspecified atom stereocenters. The normalized spacial score (nSPS) is 13.9. The molecule has 0 bridgehead atoms. The summed E-state index contributed by atoms with van der Waals surface area (Å²) in [6.45, 7) is 3.76. The average molecular weight is 374 g/mol. The van der Waals surface area contributed by atoms with Gasteiger partial charge in [-0.15, -0.1) is 0 Å². The molecule has 0 radical (unpaired) electrons. The molecular formula is C24H23FN2O. The Morgan fingerprint density at radius 2 is 1.75 bits per heavy atom. The van der Waals surface area contributed by atoms with Crippen molar-refractivity contribution in [2.24, 2.45) is 0 Å². The third kappa shape index (κ3) is 3.91. The molecule has 3 aromatic rings. The van der Waals surface area contributed by atoms with Crippen molar-refractivity contribution in [2.45, 2.75) is 25.9 Å². The fraction of sp³-hybridized carbons (Fsp3) is 0.208. The summed E-state index contributed by atoms with van der Waals surface area (Å²) in [5.74, 6) is -0.409. The predicted octanol–water partition coefficient (Wildman–Crippen LogP) is 4.88. The van der Waals surface area contributed by atoms with Gasteiger partial charge in [0.2, 0.25) is 0 Å². The second-order valence-electron chi connectivity index (χ2n) is 7.24. The third-order valence-electron chi connectivity index (χ3n) is 5.29. The van der Waals surface area contributed by atoms with E-state index < -0.39 is 0 Å². The van der Waals surface area contributed by atoms with Crippen LogP contribution >= 0.6 is 0 Å². The molecule has 28 heavy (non-hydrogen) atoms. The minimum absolute atomic E-state index is 0.130. The van der Waals surface area contributed by atoms with E-state index in [1.165, 1.54) is 28.9 Å². The van der Waals surface area contributed by atoms with Crippen molar-refractivity contribution >= 4 is 11.6 Å². The number of benzene rings is 3. The Hall–Kier alpha value is -3.14. The van der Waals surface area contributed by atoms with Crippen molar-refractivity contribution in [3.63, 3.8) is 0 Å². The Labute approximate surface area is 164 Å². The highest BCUT2D eigenvalue weighted by Crippen LogP contribution is 2.28. The summed E-state index contributed by atoms with van der Waals surface area (Å²) < 4.78 is 13.1. The summed E-state index contributed by atoms with van der Waals surface area (Å²) in [5, 5.41) is 2.97. The lowest BCUT2D eigenvalue weighted by molar-refractivity contribution is 0.0940. The summed E-state index contributed by atoms with van der Waals surface area (Å²) in [6.07, 6.45) is 1.08. The molecule has 4 heteroatoms. The highest BCUT2D eigenvalue weighted by molar-refractivity contribution is 5.94. The first kappa shape index (κ1) is 18.2. The van der Waals surface area contributed by atoms with E-state index in [0.29, 0.717) is 5.56 Å². The number of hydrogen-bond donors (Lipinski definition) is 1. The lowest BCUT2D eigenvalue weighted by atomic mass is 10.1. The zero-order chi connectivity index (χ0) is 19.5. The third-order valence-corrected chi connectivity index (χ3v) is 5.29. The van der Waals surface area contributed by atoms with Crippen LogP contribution in [0, 0.1) is 5.82 Å². The minimum Gasteiger partial charge on any atom is -0.367 e. The molecular weight excluding hydrogens is 351 g/mol. The quantitative estimate of drug-likeness (QED) is 0.690. The van der Waals surface area contributed by atoms with Gasteiger partial charge < -0.3 is 10.2 Å². The summed E-state index contributed by atoms with van der Waals surface area (Å²) in [6, 6.07) is 22.3. The van der Waals surface area contributed by atoms with Crippen LogP contribution in [0.3, 0.4) is 0 Å². The fourth-order valence-electron chi connectivity index (χ4n) is 3.67. The van der Waals surface area contributed by atoms with Crippen LogP contribution in [-0.2, 0) is 13.0 Å². The van der Waals surface area contributed by atoms with Gasteiger partial charge in [0.15, 0.2) is 0 Å². The Balaban J connectivity index is 1.39. The van der Waals surface area contributed by atoms with Gasteiger partial charge in [0, 0.05) is 24.3 Å². The average Bonchev–Trinajstić information content (AvgIpc) is 3.12. The molecule has 142 valence electrons. The van der Waals surface area contributed by atoms with E-state index in [-0.39, 0.29) is 17.8 Å². The summed E-state index contributed by atoms with van der Waals surface area (Å²) in [5.41, 5.74) is 5.38. The Morgan fingerprint density at radius 1 is 1.04 bits per heavy atom. The minimum atomic E-state index is -0.279. The van der Waals surface area contributed by atoms with E-state index in [1.807, 2.05) is 31.2 Å². The van der Waals surface area contributed by atoms with Crippen molar-refractivity contribution in [1.29, 1.82) is 0 Å². The van der Waals surface area contributed by atoms with E-state index in [1.54, 1.807) is 12.1 Å². The van der Waals surface area contributed by atoms with E-state index >= 15 is 0 Å². The zero-order valence-corrected chi connectivity index (χ0v) is 15.9. The predicted molar refractivity (Wildman–Crippen MR) is 110 cm³/mol. The maximum absolute atomic E-state index is 13.1. The molecule has 0 saturated carbocycles. The van der Waals surface area contributed by atoms with Crippen LogP contribution in [0.1, 0.15) is 40.0 Å². The van der Waals surface area contributed by atoms with Crippen LogP contribution in [0.15, 0.2) is 72.8 Å². The molecule has 1 amide bonds. The Kier molecular flexibility index (Phi) is 5.11. The van der Waals surface area contributed by atoms with Crippen molar-refractivity contribution in [3.05, 3.63) is 101 Å². The largest absolute Gasteiger partial charge is 0.367 e. The molecule has 0 saturated heterocycles. The van der Waals surface area contributed by atoms with Gasteiger partial charge in [-0.3, -0.25) is 4.79 Å². The number of fused-ring (bicyclic) bond motifs is 1. The number of anilines is 1. The monoisotopic (exact) mass is 374 g/mol. The molecule has 1 aliphatic rings. The molecule has 0 aromatic heterocycles. The maximum Gasteiger partial charge on any atom is 0.251 e. The summed E-state index contributed by atoms with van der Waals surface area (Å²) in [7, 11) is 0. The molecule has 0 spiro atoms. The Bertz CT molecular complexity index is 967. The molecule has 1 aliphatic heterocycles. The first-order chi connectivity index (χ1) is 13.6. The van der Waals surface area contributed by atoms with Gasteiger partial charge in [-0.1, -0.05) is 42.5 Å². The van der Waals surface area contributed by atoms with Crippen LogP contribution in [-0.4, -0.2) is 12.5 Å². The first-order valence-corrected chi connectivity index (χ1v) is 9.58. The lowest BCUT2D eigenvalue weighted by Gasteiger charge is -2.19. The molecule has 0 aliphatic carbocycles. The molecule has 0 fully saturated rings. The number of halogens is 1. The number of nitrogens with one attached hydrogen (secondary N) is 1. The lowest BCUT2D eigenvalue weighted by Crippen LogP contribution is -2.26. The highest BCUT2D eigenvalue weighted by Gasteiger charge is 2.18. The van der Waals surface area contributed by atoms with Crippen LogP contribution in [0.25, 0.3) is 0 Å². The standard InChI is InChI=1S/C24H23FN2O/c1-17(19-10-12-22(25)13-11-19)26-24(28)21-8-6-18(7-9-21)16-27-15-14-20-4-2-3-5-23(20)27/h2-13,17H,14-16H2,1H3,(H,26,28)/t17-/m1/s1. The van der Waals surface area contributed by atoms with Crippen molar-refractivity contribution in [2.75, 3.05) is 11.4 Å². The topological polar surface area (TPSA) is 32.3 Å². The smallest absolute Gasteiger partial charge is 0.251 e. The summed E-state index contributed by atoms with van der Waals surface area (Å²) in [4.78, 5) is 14.9. The number of carbonyl (C=O) groups excluding carboxylic acids is 1. The van der Waals surface area contributed by atoms with Gasteiger partial charge in [0.05, 0.1) is 6.04 Å². The Morgan fingerprint density at radius 3 is 2.50 bits per heavy atom. The van der Waals surface area contributed by atoms with Gasteiger partial charge in [-0.2, -0.15) is 0 Å². The fourth-order valence-corrected chi connectivity index (χ4v) is 3.67. The van der Waals surface area contributed by atoms with E-state index in [0.717, 1.165) is 25.1 Å². The molecule has 3 aromatic carbocycles. The second kappa shape index (κ2) is 7.85. The second-order valence-corrected chi connectivity index (χ2v) is 7.24. The number of amides is 1. The number of rotatable bonds is 5. The number of para-hydroxylation sites is 1. The molecule has 3 nitrogen and oxygen atoms in total. The number of nitrogens with zero attached hydrogens (tertiary/aromatic N) is 1. The summed E-state index contributed by atoms with van der Waals surface area (Å²) >= 11 is 0. The molecule has 1 N–H and O–H groups in total. The van der Waals surface area contributed by atoms with Crippen molar-refractivity contribution in [1.82, 2.24) is 5.32 Å². The number of hydrogen-bond acceptors (Lipinski definition) is 2. The van der Waals surface area contributed by atoms with Crippen molar-refractivity contribution in [3.8, 4) is 0 Å². The van der Waals surface area contributed by atoms with Gasteiger partial charge in [0.25, 0.3) is 5.91 Å². The maximum atomic E-state index is 13.1. The van der Waals surface area contributed by atoms with Crippen LogP contribution < -0.4 is 10.2 Å². The van der Waals surface area contributed by atoms with E-state index in [2.05, 4.69) is 34.5 Å². The van der Waals surface area contributed by atoms with Gasteiger partial charge in [-0.25, -0.2) is 4.39 Å². The van der Waals surface area contributed by atoms with Gasteiger partial charge in [0.1, 0.15) is 5.82 Å². The van der Waals surface area contributed by atoms with Crippen molar-refractivity contribution < 1.29 is 9.18 Å². The van der Waals surface area contributed by atoms with Crippen LogP contribution in [0.4, 0.5) is 10.1 Å². The van der Waals surface area contributed by atoms with E-state index in [9.17, 15) is 9.18 Å². The molecule has 1 atom stereocenters. The van der Waals surface area contributed by atoms with Gasteiger partial charge >= 0.3 is 0 Å². The molecule has 1 heterocycles. The van der Waals surface area contributed by atoms with Crippen LogP contribution in [0.2, 0.25) is 0 Å². The highest BCUT2D eigenvalue weighted by atomic mass is 19.1.